The van der Waals surface area contributed by atoms with Crippen molar-refractivity contribution in [2.75, 3.05) is 18.4 Å². The normalized spacial score (nSPS) is 18.7. The first-order chi connectivity index (χ1) is 14.2. The molecule has 0 radical (unpaired) electrons. The molecule has 2 aromatic rings. The fraction of sp³-hybridized carbons (Fsp3) is 0.391. The molecule has 3 rings (SSSR count). The summed E-state index contributed by atoms with van der Waals surface area (Å²) in [6.07, 6.45) is 1.00. The van der Waals surface area contributed by atoms with Crippen LogP contribution in [0, 0.1) is 28.9 Å². The number of hydrogen-bond acceptors (Lipinski definition) is 4. The molecule has 1 aliphatic rings. The Labute approximate surface area is 176 Å². The molecule has 1 fully saturated rings. The van der Waals surface area contributed by atoms with Crippen molar-refractivity contribution in [1.29, 1.82) is 0 Å². The van der Waals surface area contributed by atoms with E-state index in [4.69, 9.17) is 0 Å². The summed E-state index contributed by atoms with van der Waals surface area (Å²) in [4.78, 5) is 38.1. The van der Waals surface area contributed by atoms with Gasteiger partial charge in [0.15, 0.2) is 0 Å². The van der Waals surface area contributed by atoms with E-state index >= 15 is 0 Å². The molecule has 2 amide bonds. The van der Waals surface area contributed by atoms with E-state index in [0.29, 0.717) is 28.7 Å². The number of likely N-dealkylation sites (tertiary alicyclic amines) is 1. The minimum absolute atomic E-state index is 0.0393. The van der Waals surface area contributed by atoms with Crippen LogP contribution in [0.1, 0.15) is 41.8 Å². The van der Waals surface area contributed by atoms with Crippen molar-refractivity contribution in [2.45, 2.75) is 33.6 Å². The standard InChI is InChI=1S/C23H27N3O4/c1-15-10-16(2)14-25(13-15)23(28)19-9-8-17(3)20(11-19)24-22(27)12-18-6-4-5-7-21(18)26(29)30/h4-9,11,15-16H,10,12-14H2,1-3H3,(H,24,27). The lowest BCUT2D eigenvalue weighted by Gasteiger charge is -2.35. The van der Waals surface area contributed by atoms with Crippen LogP contribution in [-0.2, 0) is 11.2 Å². The molecule has 2 atom stereocenters. The van der Waals surface area contributed by atoms with Crippen LogP contribution in [0.4, 0.5) is 11.4 Å². The van der Waals surface area contributed by atoms with Gasteiger partial charge in [-0.2, -0.15) is 0 Å². The van der Waals surface area contributed by atoms with Gasteiger partial charge in [0.25, 0.3) is 11.6 Å². The molecule has 0 spiro atoms. The Kier molecular flexibility index (Phi) is 6.50. The van der Waals surface area contributed by atoms with E-state index in [1.54, 1.807) is 30.3 Å². The zero-order valence-electron chi connectivity index (χ0n) is 17.6. The second kappa shape index (κ2) is 9.07. The van der Waals surface area contributed by atoms with Crippen molar-refractivity contribution < 1.29 is 14.5 Å². The highest BCUT2D eigenvalue weighted by molar-refractivity contribution is 5.98. The summed E-state index contributed by atoms with van der Waals surface area (Å²) in [5.41, 5.74) is 2.16. The third-order valence-corrected chi connectivity index (χ3v) is 5.45. The number of piperidine rings is 1. The Morgan fingerprint density at radius 2 is 1.80 bits per heavy atom. The molecular formula is C23H27N3O4. The molecule has 2 aromatic carbocycles. The summed E-state index contributed by atoms with van der Waals surface area (Å²) in [6.45, 7) is 7.62. The SMILES string of the molecule is Cc1ccc(C(=O)N2CC(C)CC(C)C2)cc1NC(=O)Cc1ccccc1[N+](=O)[O-]. The smallest absolute Gasteiger partial charge is 0.273 e. The minimum atomic E-state index is -0.492. The summed E-state index contributed by atoms with van der Waals surface area (Å²) >= 11 is 0. The lowest BCUT2D eigenvalue weighted by molar-refractivity contribution is -0.385. The van der Waals surface area contributed by atoms with Crippen molar-refractivity contribution in [1.82, 2.24) is 4.90 Å². The Hall–Kier alpha value is -3.22. The molecule has 0 aliphatic carbocycles. The average molecular weight is 409 g/mol. The number of para-hydroxylation sites is 1. The molecule has 30 heavy (non-hydrogen) atoms. The summed E-state index contributed by atoms with van der Waals surface area (Å²) in [5.74, 6) is 0.521. The van der Waals surface area contributed by atoms with Gasteiger partial charge < -0.3 is 10.2 Å². The molecule has 1 saturated heterocycles. The van der Waals surface area contributed by atoms with Gasteiger partial charge in [0.2, 0.25) is 5.91 Å². The summed E-state index contributed by atoms with van der Waals surface area (Å²) in [6, 6.07) is 11.5. The second-order valence-corrected chi connectivity index (χ2v) is 8.30. The maximum atomic E-state index is 13.0. The number of hydrogen-bond donors (Lipinski definition) is 1. The lowest BCUT2D eigenvalue weighted by Crippen LogP contribution is -2.42. The van der Waals surface area contributed by atoms with Gasteiger partial charge >= 0.3 is 0 Å². The predicted octanol–water partition coefficient (Wildman–Crippen LogP) is 4.20. The van der Waals surface area contributed by atoms with Gasteiger partial charge in [-0.15, -0.1) is 0 Å². The van der Waals surface area contributed by atoms with Gasteiger partial charge in [-0.1, -0.05) is 38.1 Å². The van der Waals surface area contributed by atoms with Gasteiger partial charge in [-0.25, -0.2) is 0 Å². The van der Waals surface area contributed by atoms with E-state index in [0.717, 1.165) is 25.1 Å². The van der Waals surface area contributed by atoms with Crippen molar-refractivity contribution in [3.63, 3.8) is 0 Å². The van der Waals surface area contributed by atoms with Gasteiger partial charge in [0, 0.05) is 36.0 Å². The monoisotopic (exact) mass is 409 g/mol. The minimum Gasteiger partial charge on any atom is -0.338 e. The number of anilines is 1. The summed E-state index contributed by atoms with van der Waals surface area (Å²) in [5, 5.41) is 14.0. The lowest BCUT2D eigenvalue weighted by atomic mass is 9.91. The van der Waals surface area contributed by atoms with Crippen LogP contribution in [0.5, 0.6) is 0 Å². The number of carbonyl (C=O) groups is 2. The third-order valence-electron chi connectivity index (χ3n) is 5.45. The van der Waals surface area contributed by atoms with Gasteiger partial charge in [0.1, 0.15) is 0 Å². The number of nitrogens with zero attached hydrogens (tertiary/aromatic N) is 2. The molecule has 1 N–H and O–H groups in total. The predicted molar refractivity (Wildman–Crippen MR) is 115 cm³/mol. The topological polar surface area (TPSA) is 92.6 Å². The maximum absolute atomic E-state index is 13.0. The Morgan fingerprint density at radius 3 is 2.47 bits per heavy atom. The van der Waals surface area contributed by atoms with Crippen molar-refractivity contribution in [3.05, 3.63) is 69.3 Å². The van der Waals surface area contributed by atoms with E-state index in [1.165, 1.54) is 6.07 Å². The number of nitrogens with one attached hydrogen (secondary N) is 1. The zero-order chi connectivity index (χ0) is 21.8. The summed E-state index contributed by atoms with van der Waals surface area (Å²) < 4.78 is 0. The first-order valence-corrected chi connectivity index (χ1v) is 10.2. The van der Waals surface area contributed by atoms with Crippen LogP contribution >= 0.6 is 0 Å². The van der Waals surface area contributed by atoms with Crippen molar-refractivity contribution >= 4 is 23.2 Å². The fourth-order valence-corrected chi connectivity index (χ4v) is 4.11. The number of carbonyl (C=O) groups excluding carboxylic acids is 2. The first-order valence-electron chi connectivity index (χ1n) is 10.2. The molecule has 0 aromatic heterocycles. The number of nitro benzene ring substituents is 1. The Balaban J connectivity index is 1.75. The van der Waals surface area contributed by atoms with Crippen LogP contribution in [0.2, 0.25) is 0 Å². The van der Waals surface area contributed by atoms with Crippen LogP contribution in [0.15, 0.2) is 42.5 Å². The van der Waals surface area contributed by atoms with E-state index in [9.17, 15) is 19.7 Å². The highest BCUT2D eigenvalue weighted by Gasteiger charge is 2.26. The largest absolute Gasteiger partial charge is 0.338 e. The highest BCUT2D eigenvalue weighted by Crippen LogP contribution is 2.25. The molecule has 7 nitrogen and oxygen atoms in total. The van der Waals surface area contributed by atoms with E-state index in [2.05, 4.69) is 19.2 Å². The Morgan fingerprint density at radius 1 is 1.13 bits per heavy atom. The summed E-state index contributed by atoms with van der Waals surface area (Å²) in [7, 11) is 0. The fourth-order valence-electron chi connectivity index (χ4n) is 4.11. The Bertz CT molecular complexity index is 963. The van der Waals surface area contributed by atoms with Crippen LogP contribution < -0.4 is 5.32 Å². The molecule has 0 saturated carbocycles. The van der Waals surface area contributed by atoms with Gasteiger partial charge in [-0.3, -0.25) is 19.7 Å². The molecule has 158 valence electrons. The van der Waals surface area contributed by atoms with E-state index < -0.39 is 4.92 Å². The van der Waals surface area contributed by atoms with Crippen LogP contribution in [0.25, 0.3) is 0 Å². The highest BCUT2D eigenvalue weighted by atomic mass is 16.6. The third kappa shape index (κ3) is 5.03. The van der Waals surface area contributed by atoms with Gasteiger partial charge in [-0.05, 0) is 42.9 Å². The molecule has 7 heteroatoms. The molecule has 1 heterocycles. The van der Waals surface area contributed by atoms with Crippen molar-refractivity contribution in [3.8, 4) is 0 Å². The maximum Gasteiger partial charge on any atom is 0.273 e. The number of nitro groups is 1. The molecule has 1 aliphatic heterocycles. The number of amides is 2. The quantitative estimate of drug-likeness (QED) is 0.592. The number of rotatable bonds is 5. The number of aryl methyl sites for hydroxylation is 1. The molecule has 0 bridgehead atoms. The first kappa shape index (κ1) is 21.5. The average Bonchev–Trinajstić information content (AvgIpc) is 2.68. The van der Waals surface area contributed by atoms with Crippen molar-refractivity contribution in [2.24, 2.45) is 11.8 Å². The van der Waals surface area contributed by atoms with E-state index in [1.807, 2.05) is 17.9 Å². The van der Waals surface area contributed by atoms with Gasteiger partial charge in [0.05, 0.1) is 11.3 Å². The van der Waals surface area contributed by atoms with Crippen LogP contribution in [0.3, 0.4) is 0 Å². The number of benzene rings is 2. The molecule has 2 unspecified atom stereocenters. The van der Waals surface area contributed by atoms with E-state index in [-0.39, 0.29) is 23.9 Å². The molecular weight excluding hydrogens is 382 g/mol. The van der Waals surface area contributed by atoms with Crippen LogP contribution in [-0.4, -0.2) is 34.7 Å². The zero-order valence-corrected chi connectivity index (χ0v) is 17.6. The second-order valence-electron chi connectivity index (χ2n) is 8.30.